The molecule has 0 atom stereocenters. The first-order valence-electron chi connectivity index (χ1n) is 6.46. The third-order valence-electron chi connectivity index (χ3n) is 3.10. The van der Waals surface area contributed by atoms with Gasteiger partial charge in [-0.05, 0) is 30.9 Å². The molecule has 0 aliphatic heterocycles. The van der Waals surface area contributed by atoms with E-state index in [1.165, 1.54) is 5.56 Å². The van der Waals surface area contributed by atoms with Crippen LogP contribution in [0.3, 0.4) is 0 Å². The third-order valence-corrected chi connectivity index (χ3v) is 3.73. The molecular formula is C15H18N2OS. The SMILES string of the molecule is CCc1cccc(C)c1NC(=O)CCc1cscn1. The van der Waals surface area contributed by atoms with E-state index in [1.54, 1.807) is 16.8 Å². The van der Waals surface area contributed by atoms with E-state index >= 15 is 0 Å². The summed E-state index contributed by atoms with van der Waals surface area (Å²) in [4.78, 5) is 16.2. The minimum Gasteiger partial charge on any atom is -0.326 e. The van der Waals surface area contributed by atoms with E-state index in [-0.39, 0.29) is 5.91 Å². The summed E-state index contributed by atoms with van der Waals surface area (Å²) >= 11 is 1.56. The molecule has 2 rings (SSSR count). The molecule has 1 aromatic heterocycles. The van der Waals surface area contributed by atoms with Crippen molar-refractivity contribution in [2.45, 2.75) is 33.1 Å². The monoisotopic (exact) mass is 274 g/mol. The molecule has 1 aromatic carbocycles. The summed E-state index contributed by atoms with van der Waals surface area (Å²) in [6.07, 6.45) is 2.09. The fourth-order valence-electron chi connectivity index (χ4n) is 2.01. The number of carbonyl (C=O) groups is 1. The lowest BCUT2D eigenvalue weighted by molar-refractivity contribution is -0.116. The van der Waals surface area contributed by atoms with Crippen LogP contribution in [0.2, 0.25) is 0 Å². The number of benzene rings is 1. The number of aromatic nitrogens is 1. The Hall–Kier alpha value is -1.68. The van der Waals surface area contributed by atoms with Crippen molar-refractivity contribution in [3.05, 3.63) is 45.9 Å². The highest BCUT2D eigenvalue weighted by atomic mass is 32.1. The van der Waals surface area contributed by atoms with E-state index in [2.05, 4.69) is 23.3 Å². The number of aryl methyl sites for hydroxylation is 3. The molecule has 0 saturated carbocycles. The number of hydrogen-bond acceptors (Lipinski definition) is 3. The molecule has 3 nitrogen and oxygen atoms in total. The molecule has 4 heteroatoms. The lowest BCUT2D eigenvalue weighted by Crippen LogP contribution is -2.14. The molecule has 0 unspecified atom stereocenters. The number of hydrogen-bond donors (Lipinski definition) is 1. The molecule has 0 radical (unpaired) electrons. The van der Waals surface area contributed by atoms with Gasteiger partial charge in [0.25, 0.3) is 0 Å². The fraction of sp³-hybridized carbons (Fsp3) is 0.333. The highest BCUT2D eigenvalue weighted by molar-refractivity contribution is 7.07. The molecule has 1 amide bonds. The van der Waals surface area contributed by atoms with Gasteiger partial charge in [-0.25, -0.2) is 4.98 Å². The predicted molar refractivity (Wildman–Crippen MR) is 79.6 cm³/mol. The van der Waals surface area contributed by atoms with Crippen LogP contribution in [0.15, 0.2) is 29.1 Å². The van der Waals surface area contributed by atoms with E-state index in [9.17, 15) is 4.79 Å². The summed E-state index contributed by atoms with van der Waals surface area (Å²) < 4.78 is 0. The standard InChI is InChI=1S/C15H18N2OS/c1-3-12-6-4-5-11(2)15(12)17-14(18)8-7-13-9-19-10-16-13/h4-6,9-10H,3,7-8H2,1-2H3,(H,17,18). The Morgan fingerprint density at radius 3 is 2.95 bits per heavy atom. The van der Waals surface area contributed by atoms with Crippen LogP contribution in [0.4, 0.5) is 5.69 Å². The van der Waals surface area contributed by atoms with Crippen LogP contribution in [0.25, 0.3) is 0 Å². The van der Waals surface area contributed by atoms with Crippen molar-refractivity contribution in [1.82, 2.24) is 4.98 Å². The van der Waals surface area contributed by atoms with Crippen molar-refractivity contribution in [3.8, 4) is 0 Å². The number of nitrogens with one attached hydrogen (secondary N) is 1. The zero-order valence-corrected chi connectivity index (χ0v) is 12.1. The minimum atomic E-state index is 0.0528. The van der Waals surface area contributed by atoms with Gasteiger partial charge in [-0.15, -0.1) is 11.3 Å². The van der Waals surface area contributed by atoms with Gasteiger partial charge >= 0.3 is 0 Å². The summed E-state index contributed by atoms with van der Waals surface area (Å²) in [5.74, 6) is 0.0528. The normalized spacial score (nSPS) is 10.4. The first kappa shape index (κ1) is 13.7. The average molecular weight is 274 g/mol. The van der Waals surface area contributed by atoms with Gasteiger partial charge in [-0.2, -0.15) is 0 Å². The largest absolute Gasteiger partial charge is 0.326 e. The van der Waals surface area contributed by atoms with Crippen LogP contribution in [0.5, 0.6) is 0 Å². The highest BCUT2D eigenvalue weighted by Gasteiger charge is 2.09. The molecule has 0 aliphatic carbocycles. The van der Waals surface area contributed by atoms with Crippen molar-refractivity contribution in [1.29, 1.82) is 0 Å². The zero-order valence-electron chi connectivity index (χ0n) is 11.3. The maximum absolute atomic E-state index is 12.0. The minimum absolute atomic E-state index is 0.0528. The van der Waals surface area contributed by atoms with Crippen LogP contribution in [0.1, 0.15) is 30.2 Å². The second-order valence-corrected chi connectivity index (χ2v) is 5.21. The second-order valence-electron chi connectivity index (χ2n) is 4.49. The van der Waals surface area contributed by atoms with Gasteiger partial charge in [-0.1, -0.05) is 25.1 Å². The number of rotatable bonds is 5. The predicted octanol–water partition coefficient (Wildman–Crippen LogP) is 3.59. The molecule has 0 spiro atoms. The first-order valence-corrected chi connectivity index (χ1v) is 7.40. The summed E-state index contributed by atoms with van der Waals surface area (Å²) in [6.45, 7) is 4.12. The fourth-order valence-corrected chi connectivity index (χ4v) is 2.60. The maximum Gasteiger partial charge on any atom is 0.224 e. The van der Waals surface area contributed by atoms with E-state index in [0.29, 0.717) is 12.8 Å². The molecule has 0 fully saturated rings. The molecule has 100 valence electrons. The topological polar surface area (TPSA) is 42.0 Å². The number of para-hydroxylation sites is 1. The summed E-state index contributed by atoms with van der Waals surface area (Å²) in [5.41, 5.74) is 6.04. The maximum atomic E-state index is 12.0. The average Bonchev–Trinajstić information content (AvgIpc) is 2.92. The van der Waals surface area contributed by atoms with Crippen LogP contribution in [0, 0.1) is 6.92 Å². The smallest absolute Gasteiger partial charge is 0.224 e. The van der Waals surface area contributed by atoms with Gasteiger partial charge in [0.2, 0.25) is 5.91 Å². The highest BCUT2D eigenvalue weighted by Crippen LogP contribution is 2.21. The molecule has 0 saturated heterocycles. The quantitative estimate of drug-likeness (QED) is 0.905. The molecular weight excluding hydrogens is 256 g/mol. The Balaban J connectivity index is 1.99. The van der Waals surface area contributed by atoms with E-state index in [0.717, 1.165) is 23.4 Å². The first-order chi connectivity index (χ1) is 9.20. The summed E-state index contributed by atoms with van der Waals surface area (Å²) in [6, 6.07) is 6.11. The van der Waals surface area contributed by atoms with Gasteiger partial charge in [0.1, 0.15) is 0 Å². The van der Waals surface area contributed by atoms with Crippen LogP contribution in [-0.2, 0) is 17.6 Å². The second kappa shape index (κ2) is 6.48. The number of thiazole rings is 1. The number of amides is 1. The third kappa shape index (κ3) is 3.64. The van der Waals surface area contributed by atoms with Crippen molar-refractivity contribution in [3.63, 3.8) is 0 Å². The van der Waals surface area contributed by atoms with Gasteiger partial charge < -0.3 is 5.32 Å². The Morgan fingerprint density at radius 1 is 1.42 bits per heavy atom. The Bertz CT molecular complexity index is 549. The van der Waals surface area contributed by atoms with E-state index < -0.39 is 0 Å². The van der Waals surface area contributed by atoms with Gasteiger partial charge in [0, 0.05) is 17.5 Å². The van der Waals surface area contributed by atoms with Gasteiger partial charge in [0.05, 0.1) is 11.2 Å². The molecule has 1 N–H and O–H groups in total. The van der Waals surface area contributed by atoms with Crippen LogP contribution >= 0.6 is 11.3 Å². The number of carbonyl (C=O) groups excluding carboxylic acids is 1. The van der Waals surface area contributed by atoms with Gasteiger partial charge in [-0.3, -0.25) is 4.79 Å². The Morgan fingerprint density at radius 2 is 2.26 bits per heavy atom. The Kier molecular flexibility index (Phi) is 4.68. The zero-order chi connectivity index (χ0) is 13.7. The molecule has 19 heavy (non-hydrogen) atoms. The molecule has 0 aliphatic rings. The van der Waals surface area contributed by atoms with Crippen LogP contribution < -0.4 is 5.32 Å². The van der Waals surface area contributed by atoms with Crippen LogP contribution in [-0.4, -0.2) is 10.9 Å². The molecule has 2 aromatic rings. The van der Waals surface area contributed by atoms with Gasteiger partial charge in [0.15, 0.2) is 0 Å². The van der Waals surface area contributed by atoms with Crippen molar-refractivity contribution in [2.75, 3.05) is 5.32 Å². The van der Waals surface area contributed by atoms with Crippen molar-refractivity contribution < 1.29 is 4.79 Å². The summed E-state index contributed by atoms with van der Waals surface area (Å²) in [5, 5.41) is 5.01. The Labute approximate surface area is 117 Å². The van der Waals surface area contributed by atoms with Crippen molar-refractivity contribution >= 4 is 22.9 Å². The van der Waals surface area contributed by atoms with E-state index in [4.69, 9.17) is 0 Å². The van der Waals surface area contributed by atoms with Crippen molar-refractivity contribution in [2.24, 2.45) is 0 Å². The summed E-state index contributed by atoms with van der Waals surface area (Å²) in [7, 11) is 0. The lowest BCUT2D eigenvalue weighted by atomic mass is 10.1. The molecule has 1 heterocycles. The van der Waals surface area contributed by atoms with E-state index in [1.807, 2.05) is 24.4 Å². The number of nitrogens with zero attached hydrogens (tertiary/aromatic N) is 1. The molecule has 0 bridgehead atoms. The lowest BCUT2D eigenvalue weighted by Gasteiger charge is -2.12. The number of anilines is 1.